The SMILES string of the molecule is NCCCCC(=O)N[C@@H](C(=O)O)c1ccccc1. The summed E-state index contributed by atoms with van der Waals surface area (Å²) >= 11 is 0. The minimum absolute atomic E-state index is 0.264. The van der Waals surface area contributed by atoms with E-state index >= 15 is 0 Å². The van der Waals surface area contributed by atoms with Gasteiger partial charge in [-0.25, -0.2) is 4.79 Å². The van der Waals surface area contributed by atoms with Crippen molar-refractivity contribution in [3.8, 4) is 0 Å². The van der Waals surface area contributed by atoms with Crippen molar-refractivity contribution in [3.05, 3.63) is 35.9 Å². The highest BCUT2D eigenvalue weighted by atomic mass is 16.4. The predicted molar refractivity (Wildman–Crippen MR) is 67.9 cm³/mol. The smallest absolute Gasteiger partial charge is 0.330 e. The van der Waals surface area contributed by atoms with E-state index in [1.54, 1.807) is 30.3 Å². The fraction of sp³-hybridized carbons (Fsp3) is 0.385. The van der Waals surface area contributed by atoms with E-state index in [1.165, 1.54) is 0 Å². The monoisotopic (exact) mass is 250 g/mol. The fourth-order valence-corrected chi connectivity index (χ4v) is 1.60. The van der Waals surface area contributed by atoms with Crippen molar-refractivity contribution in [2.24, 2.45) is 5.73 Å². The molecular formula is C13H18N2O3. The van der Waals surface area contributed by atoms with Crippen molar-refractivity contribution < 1.29 is 14.7 Å². The average molecular weight is 250 g/mol. The largest absolute Gasteiger partial charge is 0.479 e. The van der Waals surface area contributed by atoms with Crippen molar-refractivity contribution in [1.82, 2.24) is 5.32 Å². The van der Waals surface area contributed by atoms with Crippen molar-refractivity contribution in [1.29, 1.82) is 0 Å². The van der Waals surface area contributed by atoms with E-state index in [1.807, 2.05) is 0 Å². The fourth-order valence-electron chi connectivity index (χ4n) is 1.60. The molecule has 0 spiro atoms. The van der Waals surface area contributed by atoms with E-state index in [0.717, 1.165) is 6.42 Å². The summed E-state index contributed by atoms with van der Waals surface area (Å²) in [6.07, 6.45) is 1.73. The number of nitrogens with one attached hydrogen (secondary N) is 1. The van der Waals surface area contributed by atoms with Gasteiger partial charge in [-0.3, -0.25) is 4.79 Å². The van der Waals surface area contributed by atoms with E-state index in [-0.39, 0.29) is 5.91 Å². The number of carboxylic acids is 1. The number of nitrogens with two attached hydrogens (primary N) is 1. The number of unbranched alkanes of at least 4 members (excludes halogenated alkanes) is 1. The van der Waals surface area contributed by atoms with E-state index < -0.39 is 12.0 Å². The predicted octanol–water partition coefficient (Wildman–Crippen LogP) is 1.06. The number of carboxylic acid groups (broad SMARTS) is 1. The second kappa shape index (κ2) is 7.45. The molecule has 5 nitrogen and oxygen atoms in total. The van der Waals surface area contributed by atoms with Gasteiger partial charge in [0.05, 0.1) is 0 Å². The van der Waals surface area contributed by atoms with Gasteiger partial charge in [-0.1, -0.05) is 30.3 Å². The molecule has 1 rings (SSSR count). The molecule has 1 aromatic carbocycles. The van der Waals surface area contributed by atoms with E-state index in [9.17, 15) is 9.59 Å². The molecule has 0 aliphatic carbocycles. The first-order valence-corrected chi connectivity index (χ1v) is 5.92. The number of carbonyl (C=O) groups excluding carboxylic acids is 1. The Labute approximate surface area is 106 Å². The zero-order valence-electron chi connectivity index (χ0n) is 10.1. The highest BCUT2D eigenvalue weighted by molar-refractivity contribution is 5.84. The van der Waals surface area contributed by atoms with Crippen molar-refractivity contribution in [2.75, 3.05) is 6.54 Å². The average Bonchev–Trinajstić information content (AvgIpc) is 2.37. The zero-order chi connectivity index (χ0) is 13.4. The molecule has 4 N–H and O–H groups in total. The molecule has 0 bridgehead atoms. The first-order valence-electron chi connectivity index (χ1n) is 5.92. The number of hydrogen-bond acceptors (Lipinski definition) is 3. The third-order valence-corrected chi connectivity index (χ3v) is 2.54. The van der Waals surface area contributed by atoms with E-state index in [4.69, 9.17) is 10.8 Å². The molecule has 5 heteroatoms. The Morgan fingerprint density at radius 1 is 1.22 bits per heavy atom. The first kappa shape index (κ1) is 14.2. The number of rotatable bonds is 7. The molecule has 0 aliphatic heterocycles. The van der Waals surface area contributed by atoms with E-state index in [0.29, 0.717) is 24.9 Å². The van der Waals surface area contributed by atoms with Crippen LogP contribution < -0.4 is 11.1 Å². The summed E-state index contributed by atoms with van der Waals surface area (Å²) in [5, 5.41) is 11.6. The Hall–Kier alpha value is -1.88. The van der Waals surface area contributed by atoms with Gasteiger partial charge in [-0.05, 0) is 24.9 Å². The highest BCUT2D eigenvalue weighted by Gasteiger charge is 2.21. The maximum absolute atomic E-state index is 11.6. The molecule has 1 amide bonds. The summed E-state index contributed by atoms with van der Waals surface area (Å²) in [6, 6.07) is 7.65. The number of amides is 1. The minimum Gasteiger partial charge on any atom is -0.479 e. The quantitative estimate of drug-likeness (QED) is 0.631. The van der Waals surface area contributed by atoms with Gasteiger partial charge in [-0.15, -0.1) is 0 Å². The number of hydrogen-bond donors (Lipinski definition) is 3. The van der Waals surface area contributed by atoms with Crippen molar-refractivity contribution in [2.45, 2.75) is 25.3 Å². The lowest BCUT2D eigenvalue weighted by molar-refractivity contribution is -0.142. The number of aliphatic carboxylic acids is 1. The molecule has 1 aromatic rings. The van der Waals surface area contributed by atoms with Gasteiger partial charge in [0.1, 0.15) is 0 Å². The Bertz CT molecular complexity index is 392. The Kier molecular flexibility index (Phi) is 5.87. The van der Waals surface area contributed by atoms with Crippen LogP contribution in [-0.2, 0) is 9.59 Å². The maximum Gasteiger partial charge on any atom is 0.330 e. The van der Waals surface area contributed by atoms with Gasteiger partial charge in [0.25, 0.3) is 0 Å². The van der Waals surface area contributed by atoms with Crippen LogP contribution in [-0.4, -0.2) is 23.5 Å². The van der Waals surface area contributed by atoms with Crippen molar-refractivity contribution >= 4 is 11.9 Å². The Balaban J connectivity index is 2.59. The molecule has 18 heavy (non-hydrogen) atoms. The maximum atomic E-state index is 11.6. The van der Waals surface area contributed by atoms with Gasteiger partial charge in [0.15, 0.2) is 6.04 Å². The molecule has 0 aromatic heterocycles. The summed E-state index contributed by atoms with van der Waals surface area (Å²) in [6.45, 7) is 0.536. The van der Waals surface area contributed by atoms with Crippen molar-refractivity contribution in [3.63, 3.8) is 0 Å². The van der Waals surface area contributed by atoms with Gasteiger partial charge < -0.3 is 16.2 Å². The Morgan fingerprint density at radius 2 is 1.89 bits per heavy atom. The van der Waals surface area contributed by atoms with Crippen LogP contribution in [0.2, 0.25) is 0 Å². The lowest BCUT2D eigenvalue weighted by Crippen LogP contribution is -2.33. The molecular weight excluding hydrogens is 232 g/mol. The molecule has 98 valence electrons. The van der Waals surface area contributed by atoms with Gasteiger partial charge in [0.2, 0.25) is 5.91 Å². The molecule has 0 saturated heterocycles. The summed E-state index contributed by atoms with van der Waals surface area (Å²) < 4.78 is 0. The standard InChI is InChI=1S/C13H18N2O3/c14-9-5-4-8-11(16)15-12(13(17)18)10-6-2-1-3-7-10/h1-3,6-7,12H,4-5,8-9,14H2,(H,15,16)(H,17,18)/t12-/m1/s1. The van der Waals surface area contributed by atoms with Crippen LogP contribution in [0.15, 0.2) is 30.3 Å². The molecule has 0 fully saturated rings. The third-order valence-electron chi connectivity index (χ3n) is 2.54. The van der Waals surface area contributed by atoms with E-state index in [2.05, 4.69) is 5.32 Å². The molecule has 0 unspecified atom stereocenters. The molecule has 0 heterocycles. The molecule has 0 aliphatic rings. The molecule has 0 saturated carbocycles. The first-order chi connectivity index (χ1) is 8.65. The number of carbonyl (C=O) groups is 2. The molecule has 0 radical (unpaired) electrons. The van der Waals surface area contributed by atoms with Gasteiger partial charge in [0, 0.05) is 6.42 Å². The van der Waals surface area contributed by atoms with Crippen LogP contribution >= 0.6 is 0 Å². The lowest BCUT2D eigenvalue weighted by Gasteiger charge is -2.14. The zero-order valence-corrected chi connectivity index (χ0v) is 10.1. The van der Waals surface area contributed by atoms with Gasteiger partial charge in [-0.2, -0.15) is 0 Å². The third kappa shape index (κ3) is 4.55. The van der Waals surface area contributed by atoms with Crippen LogP contribution in [0.3, 0.4) is 0 Å². The molecule has 1 atom stereocenters. The van der Waals surface area contributed by atoms with Crippen LogP contribution in [0.5, 0.6) is 0 Å². The summed E-state index contributed by atoms with van der Waals surface area (Å²) in [7, 11) is 0. The Morgan fingerprint density at radius 3 is 2.44 bits per heavy atom. The van der Waals surface area contributed by atoms with Crippen LogP contribution in [0, 0.1) is 0 Å². The lowest BCUT2D eigenvalue weighted by atomic mass is 10.1. The van der Waals surface area contributed by atoms with Crippen LogP contribution in [0.25, 0.3) is 0 Å². The van der Waals surface area contributed by atoms with Crippen LogP contribution in [0.4, 0.5) is 0 Å². The minimum atomic E-state index is -1.06. The summed E-state index contributed by atoms with van der Waals surface area (Å²) in [4.78, 5) is 22.7. The van der Waals surface area contributed by atoms with Gasteiger partial charge >= 0.3 is 5.97 Å². The summed E-state index contributed by atoms with van der Waals surface area (Å²) in [5.41, 5.74) is 5.90. The topological polar surface area (TPSA) is 92.4 Å². The second-order valence-corrected chi connectivity index (χ2v) is 4.00. The van der Waals surface area contributed by atoms with Crippen LogP contribution in [0.1, 0.15) is 30.9 Å². The normalized spacial score (nSPS) is 11.8. The number of benzene rings is 1. The summed E-state index contributed by atoms with van der Waals surface area (Å²) in [5.74, 6) is -1.33. The highest BCUT2D eigenvalue weighted by Crippen LogP contribution is 2.13. The second-order valence-electron chi connectivity index (χ2n) is 4.00.